The number of anilines is 1. The van der Waals surface area contributed by atoms with Gasteiger partial charge in [0.05, 0.1) is 30.1 Å². The molecule has 2 aromatic carbocycles. The summed E-state index contributed by atoms with van der Waals surface area (Å²) in [7, 11) is 0. The van der Waals surface area contributed by atoms with Crippen molar-refractivity contribution >= 4 is 34.4 Å². The summed E-state index contributed by atoms with van der Waals surface area (Å²) in [6, 6.07) is 14.0. The Morgan fingerprint density at radius 2 is 1.77 bits per heavy atom. The molecule has 4 aliphatic rings. The number of unbranched alkanes of at least 4 members (excludes halogenated alkanes) is 3. The van der Waals surface area contributed by atoms with Crippen molar-refractivity contribution in [3.8, 4) is 5.75 Å². The molecule has 12 nitrogen and oxygen atoms in total. The second-order valence-corrected chi connectivity index (χ2v) is 12.5. The lowest BCUT2D eigenvalue weighted by atomic mass is 9.77. The predicted molar refractivity (Wildman–Crippen MR) is 173 cm³/mol. The molecule has 1 aromatic heterocycles. The smallest absolute Gasteiger partial charge is 0.250 e. The molecule has 0 aliphatic carbocycles. The first kappa shape index (κ1) is 31.1. The highest BCUT2D eigenvalue weighted by Gasteiger charge is 2.71. The Bertz CT molecular complexity index is 1700. The van der Waals surface area contributed by atoms with Crippen LogP contribution in [0.3, 0.4) is 0 Å². The highest BCUT2D eigenvalue weighted by Crippen LogP contribution is 2.53. The Kier molecular flexibility index (Phi) is 8.54. The largest absolute Gasteiger partial charge is 0.494 e. The first-order chi connectivity index (χ1) is 23.0. The van der Waals surface area contributed by atoms with Crippen LogP contribution in [-0.2, 0) is 25.8 Å². The first-order valence-electron chi connectivity index (χ1n) is 16.5. The molecule has 5 atom stereocenters. The van der Waals surface area contributed by atoms with Gasteiger partial charge in [-0.1, -0.05) is 54.5 Å². The molecule has 246 valence electrons. The number of hydrogen-bond acceptors (Lipinski definition) is 8. The monoisotopic (exact) mass is 640 g/mol. The molecule has 5 heterocycles. The molecule has 0 bridgehead atoms. The molecule has 47 heavy (non-hydrogen) atoms. The fourth-order valence-corrected chi connectivity index (χ4v) is 7.60. The number of amides is 3. The van der Waals surface area contributed by atoms with Gasteiger partial charge in [0.2, 0.25) is 11.8 Å². The zero-order chi connectivity index (χ0) is 32.5. The number of aliphatic hydroxyl groups is 1. The lowest BCUT2D eigenvalue weighted by Crippen LogP contribution is -2.55. The Morgan fingerprint density at radius 1 is 0.957 bits per heavy atom. The lowest BCUT2D eigenvalue weighted by Gasteiger charge is -2.35. The van der Waals surface area contributed by atoms with E-state index in [2.05, 4.69) is 10.3 Å². The minimum atomic E-state index is -1.31. The van der Waals surface area contributed by atoms with Crippen molar-refractivity contribution < 1.29 is 29.0 Å². The number of nitrogens with zero attached hydrogens (tertiary/aromatic N) is 6. The standard InChI is InChI=1S/C35H40N6O6/c1-2-46-25-16-14-24(15-17-25)39-21-9-13-28-29(32(39)43)30-33(44)40(20-7-3-4-8-22-42)31-34(45)38(19-10-18-35(30,31)47-28)23-41-27-12-6-5-11-26(27)36-37-41/h5-6,9-18,28-31,42H,2-4,7-8,19-23H2,1H3/t28-,29+,30-,31?,35-/m0/s1. The van der Waals surface area contributed by atoms with Crippen LogP contribution in [0.5, 0.6) is 5.75 Å². The number of aromatic nitrogens is 3. The minimum absolute atomic E-state index is 0.114. The molecule has 0 saturated carbocycles. The Hall–Kier alpha value is -4.55. The molecule has 1 spiro atoms. The fraction of sp³-hybridized carbons (Fsp3) is 0.457. The molecular formula is C35H40N6O6. The third kappa shape index (κ3) is 5.39. The van der Waals surface area contributed by atoms with E-state index in [0.29, 0.717) is 44.0 Å². The van der Waals surface area contributed by atoms with Gasteiger partial charge in [-0.05, 0) is 56.2 Å². The normalized spacial score (nSPS) is 26.9. The van der Waals surface area contributed by atoms with Gasteiger partial charge in [-0.15, -0.1) is 5.10 Å². The van der Waals surface area contributed by atoms with E-state index < -0.39 is 29.6 Å². The van der Waals surface area contributed by atoms with E-state index in [1.165, 1.54) is 0 Å². The summed E-state index contributed by atoms with van der Waals surface area (Å²) in [4.78, 5) is 48.6. The second kappa shape index (κ2) is 12.9. The maximum Gasteiger partial charge on any atom is 0.250 e. The topological polar surface area (TPSA) is 130 Å². The van der Waals surface area contributed by atoms with E-state index in [-0.39, 0.29) is 37.5 Å². The molecule has 0 radical (unpaired) electrons. The second-order valence-electron chi connectivity index (χ2n) is 12.5. The predicted octanol–water partition coefficient (Wildman–Crippen LogP) is 2.92. The summed E-state index contributed by atoms with van der Waals surface area (Å²) in [5, 5.41) is 17.8. The van der Waals surface area contributed by atoms with Crippen LogP contribution in [0.25, 0.3) is 11.0 Å². The highest BCUT2D eigenvalue weighted by molar-refractivity contribution is 6.03. The number of rotatable bonds is 11. The van der Waals surface area contributed by atoms with Gasteiger partial charge in [-0.2, -0.15) is 0 Å². The van der Waals surface area contributed by atoms with Gasteiger partial charge in [0.1, 0.15) is 29.6 Å². The molecular weight excluding hydrogens is 600 g/mol. The summed E-state index contributed by atoms with van der Waals surface area (Å²) < 4.78 is 14.1. The molecule has 12 heteroatoms. The van der Waals surface area contributed by atoms with Crippen LogP contribution in [0, 0.1) is 11.8 Å². The van der Waals surface area contributed by atoms with E-state index in [1.807, 2.05) is 79.8 Å². The zero-order valence-electron chi connectivity index (χ0n) is 26.5. The maximum absolute atomic E-state index is 14.6. The molecule has 3 aromatic rings. The number of ether oxygens (including phenoxy) is 2. The zero-order valence-corrected chi connectivity index (χ0v) is 26.5. The fourth-order valence-electron chi connectivity index (χ4n) is 7.60. The molecule has 4 aliphatic heterocycles. The van der Waals surface area contributed by atoms with Crippen LogP contribution in [0.1, 0.15) is 32.6 Å². The SMILES string of the molecule is CCOc1ccc(N2CC=C[C@@H]3O[C@]45C=CCN(Cn6nnc7ccccc76)C(=O)C4N(CCCCCCO)C(=O)[C@@H]5[C@@H]3C2=O)cc1. The third-order valence-electron chi connectivity index (χ3n) is 9.73. The molecule has 2 fully saturated rings. The lowest BCUT2D eigenvalue weighted by molar-refractivity contribution is -0.148. The summed E-state index contributed by atoms with van der Waals surface area (Å²) in [5.41, 5.74) is 0.916. The quantitative estimate of drug-likeness (QED) is 0.250. The van der Waals surface area contributed by atoms with Crippen LogP contribution in [0.4, 0.5) is 5.69 Å². The number of likely N-dealkylation sites (tertiary alicyclic amines) is 1. The number of para-hydroxylation sites is 1. The molecule has 1 unspecified atom stereocenters. The summed E-state index contributed by atoms with van der Waals surface area (Å²) in [5.74, 6) is -1.67. The van der Waals surface area contributed by atoms with Crippen molar-refractivity contribution in [3.05, 3.63) is 72.8 Å². The maximum atomic E-state index is 14.6. The van der Waals surface area contributed by atoms with Crippen LogP contribution in [0.2, 0.25) is 0 Å². The first-order valence-corrected chi connectivity index (χ1v) is 16.5. The molecule has 3 amide bonds. The van der Waals surface area contributed by atoms with E-state index in [0.717, 1.165) is 23.9 Å². The summed E-state index contributed by atoms with van der Waals surface area (Å²) in [6.07, 6.45) is 9.81. The van der Waals surface area contributed by atoms with Gasteiger partial charge in [0.25, 0.3) is 5.91 Å². The van der Waals surface area contributed by atoms with Crippen molar-refractivity contribution in [2.75, 3.05) is 37.7 Å². The van der Waals surface area contributed by atoms with Gasteiger partial charge >= 0.3 is 0 Å². The van der Waals surface area contributed by atoms with Crippen LogP contribution in [0.15, 0.2) is 72.8 Å². The average Bonchev–Trinajstić information content (AvgIpc) is 3.63. The highest BCUT2D eigenvalue weighted by atomic mass is 16.5. The van der Waals surface area contributed by atoms with E-state index in [1.54, 1.807) is 19.4 Å². The van der Waals surface area contributed by atoms with Crippen molar-refractivity contribution in [2.24, 2.45) is 11.8 Å². The van der Waals surface area contributed by atoms with Gasteiger partial charge in [-0.25, -0.2) is 4.68 Å². The minimum Gasteiger partial charge on any atom is -0.494 e. The molecule has 1 N–H and O–H groups in total. The number of fused-ring (bicyclic) bond motifs is 3. The van der Waals surface area contributed by atoms with Gasteiger partial charge in [0, 0.05) is 31.9 Å². The van der Waals surface area contributed by atoms with Crippen molar-refractivity contribution in [1.29, 1.82) is 0 Å². The molecule has 7 rings (SSSR count). The van der Waals surface area contributed by atoms with E-state index in [9.17, 15) is 19.5 Å². The van der Waals surface area contributed by atoms with Gasteiger partial charge in [0.15, 0.2) is 0 Å². The average molecular weight is 641 g/mol. The Morgan fingerprint density at radius 3 is 2.57 bits per heavy atom. The number of carbonyl (C=O) groups excluding carboxylic acids is 3. The van der Waals surface area contributed by atoms with E-state index in [4.69, 9.17) is 9.47 Å². The molecule has 2 saturated heterocycles. The summed E-state index contributed by atoms with van der Waals surface area (Å²) >= 11 is 0. The third-order valence-corrected chi connectivity index (χ3v) is 9.73. The van der Waals surface area contributed by atoms with Crippen LogP contribution >= 0.6 is 0 Å². The van der Waals surface area contributed by atoms with Gasteiger partial charge in [-0.3, -0.25) is 14.4 Å². The number of aliphatic hydroxyl groups excluding tert-OH is 1. The number of carbonyl (C=O) groups is 3. The number of hydrogen-bond donors (Lipinski definition) is 1. The van der Waals surface area contributed by atoms with Gasteiger partial charge < -0.3 is 29.3 Å². The Balaban J connectivity index is 1.22. The van der Waals surface area contributed by atoms with Crippen LogP contribution in [-0.4, -0.2) is 98.2 Å². The Labute approximate surface area is 273 Å². The van der Waals surface area contributed by atoms with Crippen molar-refractivity contribution in [2.45, 2.75) is 57.0 Å². The van der Waals surface area contributed by atoms with Crippen molar-refractivity contribution in [1.82, 2.24) is 24.8 Å². The van der Waals surface area contributed by atoms with Crippen LogP contribution < -0.4 is 9.64 Å². The van der Waals surface area contributed by atoms with E-state index >= 15 is 0 Å². The summed E-state index contributed by atoms with van der Waals surface area (Å²) in [6.45, 7) is 3.69. The number of benzene rings is 2. The van der Waals surface area contributed by atoms with Crippen molar-refractivity contribution in [3.63, 3.8) is 0 Å².